The van der Waals surface area contributed by atoms with Crippen LogP contribution in [0.4, 0.5) is 10.5 Å². The van der Waals surface area contributed by atoms with E-state index in [0.717, 1.165) is 16.5 Å². The quantitative estimate of drug-likeness (QED) is 0.429. The van der Waals surface area contributed by atoms with Crippen molar-refractivity contribution >= 4 is 34.3 Å². The van der Waals surface area contributed by atoms with E-state index in [1.807, 2.05) is 81.6 Å². The highest BCUT2D eigenvalue weighted by Crippen LogP contribution is 2.37. The third-order valence-corrected chi connectivity index (χ3v) is 5.36. The number of halogens is 1. The normalized spacial score (nSPS) is 13.7. The average Bonchev–Trinajstić information content (AvgIpc) is 3.14. The van der Waals surface area contributed by atoms with Crippen LogP contribution >= 0.6 is 11.6 Å². The second-order valence-corrected chi connectivity index (χ2v) is 8.72. The third-order valence-electron chi connectivity index (χ3n) is 5.11. The van der Waals surface area contributed by atoms with Gasteiger partial charge in [-0.3, -0.25) is 5.32 Å². The molecule has 1 N–H and O–H groups in total. The summed E-state index contributed by atoms with van der Waals surface area (Å²) in [6.45, 7) is 14.8. The summed E-state index contributed by atoms with van der Waals surface area (Å²) in [6.07, 6.45) is 5.61. The Morgan fingerprint density at radius 1 is 1.19 bits per heavy atom. The lowest BCUT2D eigenvalue weighted by Gasteiger charge is -2.34. The Kier molecular flexibility index (Phi) is 6.42. The van der Waals surface area contributed by atoms with Gasteiger partial charge in [-0.15, -0.1) is 0 Å². The van der Waals surface area contributed by atoms with E-state index in [2.05, 4.69) is 21.7 Å². The van der Waals surface area contributed by atoms with Gasteiger partial charge in [-0.2, -0.15) is 0 Å². The van der Waals surface area contributed by atoms with Gasteiger partial charge in [-0.05, 0) is 63.1 Å². The van der Waals surface area contributed by atoms with Crippen molar-refractivity contribution in [2.75, 3.05) is 5.32 Å². The standard InChI is InChI=1S/C25H26ClN3O2/c1-6-25(15-16-27-5,18-10-12-19(26)13-11-18)29-17-14-20-21(8-7-9-22(20)29)28-23(30)31-24(2,3)4/h7-17H,6H2,1-4H3,(H,28,30)/b16-15+. The highest BCUT2D eigenvalue weighted by molar-refractivity contribution is 6.30. The van der Waals surface area contributed by atoms with Gasteiger partial charge in [0.05, 0.1) is 23.3 Å². The van der Waals surface area contributed by atoms with Crippen LogP contribution in [0.1, 0.15) is 39.7 Å². The van der Waals surface area contributed by atoms with Crippen LogP contribution in [-0.2, 0) is 10.3 Å². The van der Waals surface area contributed by atoms with Crippen molar-refractivity contribution in [3.63, 3.8) is 0 Å². The van der Waals surface area contributed by atoms with Crippen molar-refractivity contribution in [1.82, 2.24) is 4.57 Å². The Morgan fingerprint density at radius 3 is 2.52 bits per heavy atom. The number of anilines is 1. The Bertz CT molecular complexity index is 1150. The smallest absolute Gasteiger partial charge is 0.412 e. The maximum Gasteiger partial charge on any atom is 0.412 e. The fraction of sp³-hybridized carbons (Fsp3) is 0.280. The molecule has 1 unspecified atom stereocenters. The summed E-state index contributed by atoms with van der Waals surface area (Å²) in [6, 6.07) is 15.4. The molecule has 5 nitrogen and oxygen atoms in total. The number of nitrogens with zero attached hydrogens (tertiary/aromatic N) is 2. The molecule has 0 saturated heterocycles. The molecule has 1 amide bonds. The molecule has 0 aliphatic rings. The van der Waals surface area contributed by atoms with Crippen molar-refractivity contribution in [2.24, 2.45) is 0 Å². The second-order valence-electron chi connectivity index (χ2n) is 8.28. The van der Waals surface area contributed by atoms with Gasteiger partial charge < -0.3 is 9.30 Å². The van der Waals surface area contributed by atoms with Crippen LogP contribution in [0.5, 0.6) is 0 Å². The number of carbonyl (C=O) groups excluding carboxylic acids is 1. The Morgan fingerprint density at radius 2 is 1.90 bits per heavy atom. The molecule has 1 heterocycles. The molecule has 3 rings (SSSR count). The first kappa shape index (κ1) is 22.5. The molecule has 1 atom stereocenters. The van der Waals surface area contributed by atoms with Crippen LogP contribution < -0.4 is 5.32 Å². The van der Waals surface area contributed by atoms with E-state index in [1.165, 1.54) is 6.20 Å². The van der Waals surface area contributed by atoms with Crippen molar-refractivity contribution in [3.8, 4) is 0 Å². The summed E-state index contributed by atoms with van der Waals surface area (Å²) in [5, 5.41) is 4.40. The summed E-state index contributed by atoms with van der Waals surface area (Å²) in [5.74, 6) is 0. The molecule has 3 aromatic rings. The number of ether oxygens (including phenoxy) is 1. The predicted molar refractivity (Wildman–Crippen MR) is 126 cm³/mol. The van der Waals surface area contributed by atoms with Gasteiger partial charge in [0.25, 0.3) is 0 Å². The molecule has 31 heavy (non-hydrogen) atoms. The van der Waals surface area contributed by atoms with Gasteiger partial charge in [0.15, 0.2) is 6.20 Å². The van der Waals surface area contributed by atoms with Crippen molar-refractivity contribution in [2.45, 2.75) is 45.3 Å². The molecule has 0 aliphatic carbocycles. The highest BCUT2D eigenvalue weighted by Gasteiger charge is 2.30. The molecule has 1 aromatic heterocycles. The fourth-order valence-electron chi connectivity index (χ4n) is 3.75. The van der Waals surface area contributed by atoms with Crippen molar-refractivity contribution < 1.29 is 9.53 Å². The van der Waals surface area contributed by atoms with E-state index in [-0.39, 0.29) is 0 Å². The molecule has 6 heteroatoms. The van der Waals surface area contributed by atoms with Crippen LogP contribution in [-0.4, -0.2) is 16.3 Å². The molecule has 0 radical (unpaired) electrons. The van der Waals surface area contributed by atoms with Crippen LogP contribution in [0.2, 0.25) is 5.02 Å². The van der Waals surface area contributed by atoms with Gasteiger partial charge in [-0.25, -0.2) is 9.64 Å². The van der Waals surface area contributed by atoms with E-state index in [4.69, 9.17) is 22.9 Å². The summed E-state index contributed by atoms with van der Waals surface area (Å²) in [5.41, 5.74) is 1.45. The number of hydrogen-bond acceptors (Lipinski definition) is 2. The van der Waals surface area contributed by atoms with E-state index in [1.54, 1.807) is 0 Å². The van der Waals surface area contributed by atoms with Crippen LogP contribution in [0.25, 0.3) is 15.7 Å². The van der Waals surface area contributed by atoms with Crippen LogP contribution in [0.3, 0.4) is 0 Å². The zero-order chi connectivity index (χ0) is 22.6. The van der Waals surface area contributed by atoms with Crippen LogP contribution in [0, 0.1) is 6.57 Å². The first-order valence-electron chi connectivity index (χ1n) is 10.1. The minimum absolute atomic E-state index is 0.500. The SMILES string of the molecule is [C-]#[N+]/C=C/C(CC)(c1ccc(Cl)cc1)n1ccc2c(NC(=O)OC(C)(C)C)cccc21. The largest absolute Gasteiger partial charge is 0.444 e. The lowest BCUT2D eigenvalue weighted by molar-refractivity contribution is 0.0636. The summed E-state index contributed by atoms with van der Waals surface area (Å²) < 4.78 is 7.54. The number of aromatic nitrogens is 1. The lowest BCUT2D eigenvalue weighted by atomic mass is 9.86. The average molecular weight is 436 g/mol. The zero-order valence-electron chi connectivity index (χ0n) is 18.1. The minimum Gasteiger partial charge on any atom is -0.444 e. The van der Waals surface area contributed by atoms with Gasteiger partial charge in [-0.1, -0.05) is 42.8 Å². The van der Waals surface area contributed by atoms with Gasteiger partial charge in [0.1, 0.15) is 5.60 Å². The molecule has 0 aliphatic heterocycles. The monoisotopic (exact) mass is 435 g/mol. The zero-order valence-corrected chi connectivity index (χ0v) is 18.9. The Balaban J connectivity index is 2.13. The van der Waals surface area contributed by atoms with E-state index in [0.29, 0.717) is 17.1 Å². The number of rotatable bonds is 5. The van der Waals surface area contributed by atoms with Gasteiger partial charge >= 0.3 is 6.09 Å². The number of hydrogen-bond donors (Lipinski definition) is 1. The molecular weight excluding hydrogens is 410 g/mol. The first-order chi connectivity index (χ1) is 14.7. The fourth-order valence-corrected chi connectivity index (χ4v) is 3.87. The predicted octanol–water partition coefficient (Wildman–Crippen LogP) is 7.23. The number of fused-ring (bicyclic) bond motifs is 1. The molecule has 0 bridgehead atoms. The number of benzene rings is 2. The minimum atomic E-state index is -0.583. The number of carbonyl (C=O) groups is 1. The number of nitrogens with one attached hydrogen (secondary N) is 1. The summed E-state index contributed by atoms with van der Waals surface area (Å²) in [4.78, 5) is 15.8. The van der Waals surface area contributed by atoms with Gasteiger partial charge in [0, 0.05) is 16.6 Å². The number of amides is 1. The highest BCUT2D eigenvalue weighted by atomic mass is 35.5. The molecule has 0 saturated carbocycles. The Hall–Kier alpha value is -3.23. The second kappa shape index (κ2) is 8.87. The topological polar surface area (TPSA) is 47.6 Å². The first-order valence-corrected chi connectivity index (χ1v) is 10.5. The molecular formula is C25H26ClN3O2. The third kappa shape index (κ3) is 4.76. The maximum atomic E-state index is 12.3. The summed E-state index contributed by atoms with van der Waals surface area (Å²) >= 11 is 6.12. The molecule has 2 aromatic carbocycles. The van der Waals surface area contributed by atoms with Gasteiger partial charge in [0.2, 0.25) is 0 Å². The summed E-state index contributed by atoms with van der Waals surface area (Å²) in [7, 11) is 0. The van der Waals surface area contributed by atoms with E-state index >= 15 is 0 Å². The maximum absolute atomic E-state index is 12.3. The molecule has 160 valence electrons. The van der Waals surface area contributed by atoms with E-state index in [9.17, 15) is 4.79 Å². The Labute approximate surface area is 188 Å². The molecule has 0 spiro atoms. The van der Waals surface area contributed by atoms with Crippen molar-refractivity contribution in [3.05, 3.63) is 89.0 Å². The lowest BCUT2D eigenvalue weighted by Crippen LogP contribution is -2.31. The van der Waals surface area contributed by atoms with E-state index < -0.39 is 17.2 Å². The number of allylic oxidation sites excluding steroid dienone is 1. The molecule has 0 fully saturated rings. The van der Waals surface area contributed by atoms with Crippen LogP contribution in [0.15, 0.2) is 67.0 Å². The van der Waals surface area contributed by atoms with Crippen molar-refractivity contribution in [1.29, 1.82) is 0 Å².